The molecule has 4 heteroatoms. The SMILES string of the molecule is CC(N)Cc1c(O)ccc(Cl)c1F. The zero-order chi connectivity index (χ0) is 10.0. The Morgan fingerprint density at radius 2 is 2.23 bits per heavy atom. The first kappa shape index (κ1) is 10.3. The lowest BCUT2D eigenvalue weighted by Crippen LogP contribution is -2.18. The molecule has 0 aromatic heterocycles. The molecule has 1 unspecified atom stereocenters. The van der Waals surface area contributed by atoms with Crippen molar-refractivity contribution in [1.29, 1.82) is 0 Å². The smallest absolute Gasteiger partial charge is 0.148 e. The van der Waals surface area contributed by atoms with Gasteiger partial charge in [-0.1, -0.05) is 11.6 Å². The summed E-state index contributed by atoms with van der Waals surface area (Å²) in [5.41, 5.74) is 5.67. The minimum atomic E-state index is -0.584. The maximum Gasteiger partial charge on any atom is 0.148 e. The second-order valence-electron chi connectivity index (χ2n) is 3.04. The molecule has 2 nitrogen and oxygen atoms in total. The molecule has 0 bridgehead atoms. The highest BCUT2D eigenvalue weighted by atomic mass is 35.5. The molecular formula is C9H11ClFNO. The topological polar surface area (TPSA) is 46.2 Å². The van der Waals surface area contributed by atoms with Crippen molar-refractivity contribution < 1.29 is 9.50 Å². The molecule has 0 aliphatic heterocycles. The van der Waals surface area contributed by atoms with E-state index in [2.05, 4.69) is 0 Å². The average molecular weight is 204 g/mol. The number of halogens is 2. The summed E-state index contributed by atoms with van der Waals surface area (Å²) >= 11 is 5.54. The van der Waals surface area contributed by atoms with Crippen LogP contribution in [0.1, 0.15) is 12.5 Å². The number of phenolic OH excluding ortho intramolecular Hbond substituents is 1. The molecule has 0 amide bonds. The molecule has 13 heavy (non-hydrogen) atoms. The second-order valence-corrected chi connectivity index (χ2v) is 3.45. The number of phenols is 1. The molecule has 0 saturated carbocycles. The van der Waals surface area contributed by atoms with Crippen LogP contribution in [0.25, 0.3) is 0 Å². The Kier molecular flexibility index (Phi) is 3.12. The van der Waals surface area contributed by atoms with Crippen molar-refractivity contribution >= 4 is 11.6 Å². The fourth-order valence-electron chi connectivity index (χ4n) is 1.10. The zero-order valence-electron chi connectivity index (χ0n) is 7.22. The summed E-state index contributed by atoms with van der Waals surface area (Å²) in [4.78, 5) is 0. The first-order chi connectivity index (χ1) is 6.02. The van der Waals surface area contributed by atoms with E-state index < -0.39 is 5.82 Å². The zero-order valence-corrected chi connectivity index (χ0v) is 7.98. The maximum atomic E-state index is 13.3. The number of benzene rings is 1. The largest absolute Gasteiger partial charge is 0.508 e. The van der Waals surface area contributed by atoms with E-state index in [0.717, 1.165) is 0 Å². The minimum Gasteiger partial charge on any atom is -0.508 e. The summed E-state index contributed by atoms with van der Waals surface area (Å²) in [6.07, 6.45) is 0.276. The molecule has 3 N–H and O–H groups in total. The van der Waals surface area contributed by atoms with Crippen LogP contribution in [-0.4, -0.2) is 11.1 Å². The Hall–Kier alpha value is -0.800. The van der Waals surface area contributed by atoms with Crippen LogP contribution in [0, 0.1) is 5.82 Å². The quantitative estimate of drug-likeness (QED) is 0.773. The van der Waals surface area contributed by atoms with Crippen LogP contribution in [0.3, 0.4) is 0 Å². The summed E-state index contributed by atoms with van der Waals surface area (Å²) in [5, 5.41) is 9.32. The lowest BCUT2D eigenvalue weighted by atomic mass is 10.1. The molecule has 1 atom stereocenters. The van der Waals surface area contributed by atoms with E-state index >= 15 is 0 Å². The van der Waals surface area contributed by atoms with Gasteiger partial charge >= 0.3 is 0 Å². The van der Waals surface area contributed by atoms with Crippen LogP contribution < -0.4 is 5.73 Å². The molecule has 1 aromatic carbocycles. The highest BCUT2D eigenvalue weighted by Crippen LogP contribution is 2.27. The first-order valence-electron chi connectivity index (χ1n) is 3.93. The Balaban J connectivity index is 3.10. The van der Waals surface area contributed by atoms with Gasteiger partial charge in [-0.05, 0) is 25.5 Å². The molecule has 0 aliphatic rings. The van der Waals surface area contributed by atoms with Gasteiger partial charge in [0.1, 0.15) is 11.6 Å². The average Bonchev–Trinajstić information content (AvgIpc) is 2.05. The third kappa shape index (κ3) is 2.32. The molecule has 0 saturated heterocycles. The molecule has 1 rings (SSSR count). The van der Waals surface area contributed by atoms with Crippen molar-refractivity contribution in [3.05, 3.63) is 28.5 Å². The summed E-state index contributed by atoms with van der Waals surface area (Å²) in [5.74, 6) is -0.682. The van der Waals surface area contributed by atoms with Crippen molar-refractivity contribution in [3.63, 3.8) is 0 Å². The van der Waals surface area contributed by atoms with Gasteiger partial charge in [-0.3, -0.25) is 0 Å². The third-order valence-electron chi connectivity index (χ3n) is 1.70. The summed E-state index contributed by atoms with van der Waals surface area (Å²) in [6, 6.07) is 2.47. The molecule has 0 spiro atoms. The van der Waals surface area contributed by atoms with E-state index in [0.29, 0.717) is 0 Å². The molecule has 1 aromatic rings. The van der Waals surface area contributed by atoms with E-state index in [4.69, 9.17) is 17.3 Å². The highest BCUT2D eigenvalue weighted by Gasteiger charge is 2.12. The Morgan fingerprint density at radius 1 is 1.62 bits per heavy atom. The molecule has 0 heterocycles. The molecule has 0 aliphatic carbocycles. The van der Waals surface area contributed by atoms with Gasteiger partial charge in [0.2, 0.25) is 0 Å². The predicted molar refractivity (Wildman–Crippen MR) is 50.4 cm³/mol. The van der Waals surface area contributed by atoms with E-state index in [1.165, 1.54) is 12.1 Å². The summed E-state index contributed by atoms with van der Waals surface area (Å²) in [6.45, 7) is 1.74. The third-order valence-corrected chi connectivity index (χ3v) is 1.99. The molecule has 0 radical (unpaired) electrons. The normalized spacial score (nSPS) is 12.9. The van der Waals surface area contributed by atoms with Gasteiger partial charge in [0.25, 0.3) is 0 Å². The summed E-state index contributed by atoms with van der Waals surface area (Å²) in [7, 11) is 0. The lowest BCUT2D eigenvalue weighted by molar-refractivity contribution is 0.455. The standard InChI is InChI=1S/C9H11ClFNO/c1-5(12)4-6-8(13)3-2-7(10)9(6)11/h2-3,5,13H,4,12H2,1H3. The van der Waals surface area contributed by atoms with Crippen LogP contribution >= 0.6 is 11.6 Å². The van der Waals surface area contributed by atoms with Gasteiger partial charge in [0.15, 0.2) is 0 Å². The van der Waals surface area contributed by atoms with Crippen LogP contribution in [0.2, 0.25) is 5.02 Å². The Morgan fingerprint density at radius 3 is 2.77 bits per heavy atom. The lowest BCUT2D eigenvalue weighted by Gasteiger charge is -2.09. The molecular weight excluding hydrogens is 193 g/mol. The van der Waals surface area contributed by atoms with Gasteiger partial charge in [0, 0.05) is 11.6 Å². The van der Waals surface area contributed by atoms with Gasteiger partial charge in [0.05, 0.1) is 5.02 Å². The van der Waals surface area contributed by atoms with Crippen molar-refractivity contribution in [2.45, 2.75) is 19.4 Å². The number of rotatable bonds is 2. The number of hydrogen-bond acceptors (Lipinski definition) is 2. The monoisotopic (exact) mass is 203 g/mol. The predicted octanol–water partition coefficient (Wildman–Crippen LogP) is 2.07. The Bertz CT molecular complexity index is 315. The van der Waals surface area contributed by atoms with Gasteiger partial charge in [-0.2, -0.15) is 0 Å². The molecule has 72 valence electrons. The van der Waals surface area contributed by atoms with Crippen LogP contribution in [0.4, 0.5) is 4.39 Å². The fraction of sp³-hybridized carbons (Fsp3) is 0.333. The number of nitrogens with two attached hydrogens (primary N) is 1. The Labute approximate surface area is 81.1 Å². The van der Waals surface area contributed by atoms with Crippen molar-refractivity contribution in [2.75, 3.05) is 0 Å². The summed E-state index contributed by atoms with van der Waals surface area (Å²) < 4.78 is 13.3. The van der Waals surface area contributed by atoms with Crippen molar-refractivity contribution in [2.24, 2.45) is 5.73 Å². The molecule has 0 fully saturated rings. The fourth-order valence-corrected chi connectivity index (χ4v) is 1.28. The maximum absolute atomic E-state index is 13.3. The van der Waals surface area contributed by atoms with Crippen molar-refractivity contribution in [3.8, 4) is 5.75 Å². The minimum absolute atomic E-state index is 0.00782. The van der Waals surface area contributed by atoms with E-state index in [-0.39, 0.29) is 28.8 Å². The number of hydrogen-bond donors (Lipinski definition) is 2. The van der Waals surface area contributed by atoms with Gasteiger partial charge in [-0.15, -0.1) is 0 Å². The van der Waals surface area contributed by atoms with E-state index in [1.54, 1.807) is 6.92 Å². The van der Waals surface area contributed by atoms with Gasteiger partial charge in [-0.25, -0.2) is 4.39 Å². The van der Waals surface area contributed by atoms with Crippen LogP contribution in [0.15, 0.2) is 12.1 Å². The highest BCUT2D eigenvalue weighted by molar-refractivity contribution is 6.30. The van der Waals surface area contributed by atoms with E-state index in [1.807, 2.05) is 0 Å². The van der Waals surface area contributed by atoms with Gasteiger partial charge < -0.3 is 10.8 Å². The first-order valence-corrected chi connectivity index (χ1v) is 4.31. The van der Waals surface area contributed by atoms with Crippen LogP contribution in [0.5, 0.6) is 5.75 Å². The van der Waals surface area contributed by atoms with Crippen LogP contribution in [-0.2, 0) is 6.42 Å². The number of aromatic hydroxyl groups is 1. The van der Waals surface area contributed by atoms with E-state index in [9.17, 15) is 9.50 Å². The second kappa shape index (κ2) is 3.94. The van der Waals surface area contributed by atoms with Crippen molar-refractivity contribution in [1.82, 2.24) is 0 Å².